The van der Waals surface area contributed by atoms with E-state index in [1.54, 1.807) is 11.7 Å². The molecule has 4 rings (SSSR count). The summed E-state index contributed by atoms with van der Waals surface area (Å²) in [6, 6.07) is 24.8. The Kier molecular flexibility index (Phi) is 6.09. The zero-order valence-corrected chi connectivity index (χ0v) is 17.6. The Hall–Kier alpha value is -3.91. The predicted molar refractivity (Wildman–Crippen MR) is 124 cm³/mol. The highest BCUT2D eigenvalue weighted by Crippen LogP contribution is 2.22. The van der Waals surface area contributed by atoms with Gasteiger partial charge in [-0.1, -0.05) is 18.2 Å². The molecule has 8 heteroatoms. The van der Waals surface area contributed by atoms with Crippen LogP contribution in [-0.2, 0) is 11.3 Å². The van der Waals surface area contributed by atoms with Crippen LogP contribution in [0.15, 0.2) is 78.9 Å². The van der Waals surface area contributed by atoms with E-state index < -0.39 is 0 Å². The van der Waals surface area contributed by atoms with E-state index in [0.29, 0.717) is 16.3 Å². The Labute approximate surface area is 184 Å². The van der Waals surface area contributed by atoms with Gasteiger partial charge in [0, 0.05) is 22.6 Å². The number of carbonyl (C=O) groups is 1. The van der Waals surface area contributed by atoms with Crippen molar-refractivity contribution in [3.8, 4) is 17.1 Å². The average Bonchev–Trinajstić information content (AvgIpc) is 3.16. The number of aromatic nitrogens is 3. The Balaban J connectivity index is 1.43. The van der Waals surface area contributed by atoms with E-state index in [1.807, 2.05) is 78.9 Å². The van der Waals surface area contributed by atoms with Crippen molar-refractivity contribution in [3.63, 3.8) is 0 Å². The monoisotopic (exact) mass is 431 g/mol. The molecule has 0 spiro atoms. The summed E-state index contributed by atoms with van der Waals surface area (Å²) >= 11 is 5.32. The second kappa shape index (κ2) is 9.27. The van der Waals surface area contributed by atoms with Crippen molar-refractivity contribution in [1.29, 1.82) is 0 Å². The number of aromatic amines is 1. The number of nitrogens with zero attached hydrogens (tertiary/aromatic N) is 2. The lowest BCUT2D eigenvalue weighted by atomic mass is 10.2. The van der Waals surface area contributed by atoms with Crippen molar-refractivity contribution < 1.29 is 9.53 Å². The van der Waals surface area contributed by atoms with Gasteiger partial charge in [-0.2, -0.15) is 5.10 Å². The largest absolute Gasteiger partial charge is 0.497 e. The third kappa shape index (κ3) is 4.99. The fourth-order valence-corrected chi connectivity index (χ4v) is 3.29. The first-order valence-corrected chi connectivity index (χ1v) is 10.0. The molecule has 0 atom stereocenters. The smallest absolute Gasteiger partial charge is 0.244 e. The fraction of sp³-hybridized carbons (Fsp3) is 0.0870. The summed E-state index contributed by atoms with van der Waals surface area (Å²) in [6.45, 7) is 0.0424. The number of hydrogen-bond donors (Lipinski definition) is 3. The van der Waals surface area contributed by atoms with Gasteiger partial charge in [0.1, 0.15) is 12.3 Å². The summed E-state index contributed by atoms with van der Waals surface area (Å²) in [5, 5.41) is 13.2. The van der Waals surface area contributed by atoms with Crippen LogP contribution in [0, 0.1) is 4.77 Å². The zero-order chi connectivity index (χ0) is 21.6. The van der Waals surface area contributed by atoms with Crippen LogP contribution in [0.25, 0.3) is 11.4 Å². The summed E-state index contributed by atoms with van der Waals surface area (Å²) in [5.74, 6) is 1.13. The number of nitrogens with one attached hydrogen (secondary N) is 3. The van der Waals surface area contributed by atoms with Crippen LogP contribution in [0.3, 0.4) is 0 Å². The fourth-order valence-electron chi connectivity index (χ4n) is 3.09. The van der Waals surface area contributed by atoms with Crippen molar-refractivity contribution in [2.45, 2.75) is 6.54 Å². The first-order valence-electron chi connectivity index (χ1n) is 9.64. The van der Waals surface area contributed by atoms with E-state index in [4.69, 9.17) is 17.0 Å². The maximum absolute atomic E-state index is 12.6. The highest BCUT2D eigenvalue weighted by Gasteiger charge is 2.13. The summed E-state index contributed by atoms with van der Waals surface area (Å²) in [5.41, 5.74) is 3.46. The highest BCUT2D eigenvalue weighted by molar-refractivity contribution is 7.71. The quantitative estimate of drug-likeness (QED) is 0.359. The summed E-state index contributed by atoms with van der Waals surface area (Å²) < 4.78 is 7.23. The van der Waals surface area contributed by atoms with Crippen LogP contribution in [0.5, 0.6) is 5.75 Å². The summed E-state index contributed by atoms with van der Waals surface area (Å²) in [4.78, 5) is 12.6. The van der Waals surface area contributed by atoms with Crippen molar-refractivity contribution >= 4 is 35.2 Å². The SMILES string of the molecule is COc1ccc(-c2n[nH]c(=S)n2CC(=O)Nc2ccc(Nc3ccccc3)cc2)cc1. The van der Waals surface area contributed by atoms with Crippen LogP contribution in [0.2, 0.25) is 0 Å². The van der Waals surface area contributed by atoms with Crippen LogP contribution in [0.4, 0.5) is 17.1 Å². The highest BCUT2D eigenvalue weighted by atomic mass is 32.1. The molecule has 0 aliphatic heterocycles. The van der Waals surface area contributed by atoms with Crippen LogP contribution < -0.4 is 15.4 Å². The normalized spacial score (nSPS) is 10.5. The van der Waals surface area contributed by atoms with Crippen LogP contribution in [0.1, 0.15) is 0 Å². The van der Waals surface area contributed by atoms with Crippen LogP contribution >= 0.6 is 12.2 Å². The Bertz CT molecular complexity index is 1220. The lowest BCUT2D eigenvalue weighted by molar-refractivity contribution is -0.116. The Morgan fingerprint density at radius 2 is 1.61 bits per heavy atom. The molecule has 0 bridgehead atoms. The lowest BCUT2D eigenvalue weighted by Gasteiger charge is -2.10. The van der Waals surface area contributed by atoms with Gasteiger partial charge in [-0.15, -0.1) is 0 Å². The molecular weight excluding hydrogens is 410 g/mol. The van der Waals surface area contributed by atoms with Gasteiger partial charge in [-0.05, 0) is 72.9 Å². The lowest BCUT2D eigenvalue weighted by Crippen LogP contribution is -2.19. The van der Waals surface area contributed by atoms with Gasteiger partial charge in [0.2, 0.25) is 5.91 Å². The first kappa shape index (κ1) is 20.4. The predicted octanol–water partition coefficient (Wildman–Crippen LogP) is 5.00. The van der Waals surface area contributed by atoms with E-state index in [2.05, 4.69) is 20.8 Å². The minimum Gasteiger partial charge on any atom is -0.497 e. The second-order valence-corrected chi connectivity index (χ2v) is 7.17. The average molecular weight is 432 g/mol. The summed E-state index contributed by atoms with van der Waals surface area (Å²) in [7, 11) is 1.61. The molecule has 0 aliphatic rings. The number of methoxy groups -OCH3 is 1. The number of H-pyrrole nitrogens is 1. The second-order valence-electron chi connectivity index (χ2n) is 6.78. The molecule has 3 aromatic carbocycles. The molecular formula is C23H21N5O2S. The molecule has 0 radical (unpaired) electrons. The molecule has 0 unspecified atom stereocenters. The van der Waals surface area contributed by atoms with E-state index in [-0.39, 0.29) is 12.5 Å². The number of hydrogen-bond acceptors (Lipinski definition) is 5. The third-order valence-corrected chi connectivity index (χ3v) is 4.95. The number of benzene rings is 3. The molecule has 1 aromatic heterocycles. The standard InChI is InChI=1S/C23H21N5O2S/c1-30-20-13-7-16(8-14-20)22-26-27-23(31)28(22)15-21(29)25-19-11-9-18(10-12-19)24-17-5-3-2-4-6-17/h2-14,24H,15H2,1H3,(H,25,29)(H,27,31). The molecule has 156 valence electrons. The van der Waals surface area contributed by atoms with E-state index in [1.165, 1.54) is 0 Å². The zero-order valence-electron chi connectivity index (χ0n) is 16.8. The molecule has 4 aromatic rings. The molecule has 0 fully saturated rings. The van der Waals surface area contributed by atoms with Crippen molar-refractivity contribution in [3.05, 3.63) is 83.6 Å². The minimum atomic E-state index is -0.198. The first-order chi connectivity index (χ1) is 15.1. The molecule has 1 amide bonds. The molecule has 0 saturated carbocycles. The van der Waals surface area contributed by atoms with Gasteiger partial charge in [0.05, 0.1) is 7.11 Å². The van der Waals surface area contributed by atoms with Crippen molar-refractivity contribution in [2.24, 2.45) is 0 Å². The topological polar surface area (TPSA) is 84.0 Å². The molecule has 31 heavy (non-hydrogen) atoms. The number of carbonyl (C=O) groups excluding carboxylic acids is 1. The van der Waals surface area contributed by atoms with Gasteiger partial charge < -0.3 is 15.4 Å². The Morgan fingerprint density at radius 3 is 2.29 bits per heavy atom. The minimum absolute atomic E-state index is 0.0424. The maximum Gasteiger partial charge on any atom is 0.244 e. The van der Waals surface area contributed by atoms with Crippen molar-refractivity contribution in [1.82, 2.24) is 14.8 Å². The van der Waals surface area contributed by atoms with E-state index in [0.717, 1.165) is 22.7 Å². The molecule has 0 aliphatic carbocycles. The van der Waals surface area contributed by atoms with Gasteiger partial charge in [-0.25, -0.2) is 0 Å². The van der Waals surface area contributed by atoms with Gasteiger partial charge in [0.25, 0.3) is 0 Å². The van der Waals surface area contributed by atoms with Gasteiger partial charge in [0.15, 0.2) is 10.6 Å². The molecule has 3 N–H and O–H groups in total. The Morgan fingerprint density at radius 1 is 0.968 bits per heavy atom. The number of amides is 1. The molecule has 1 heterocycles. The van der Waals surface area contributed by atoms with E-state index in [9.17, 15) is 4.79 Å². The number of rotatable bonds is 7. The van der Waals surface area contributed by atoms with Crippen molar-refractivity contribution in [2.75, 3.05) is 17.7 Å². The number of anilines is 3. The molecule has 7 nitrogen and oxygen atoms in total. The van der Waals surface area contributed by atoms with Gasteiger partial charge in [-0.3, -0.25) is 14.5 Å². The van der Waals surface area contributed by atoms with Crippen LogP contribution in [-0.4, -0.2) is 27.8 Å². The third-order valence-electron chi connectivity index (χ3n) is 4.64. The maximum atomic E-state index is 12.6. The number of para-hydroxylation sites is 1. The summed E-state index contributed by atoms with van der Waals surface area (Å²) in [6.07, 6.45) is 0. The molecule has 0 saturated heterocycles. The van der Waals surface area contributed by atoms with E-state index >= 15 is 0 Å². The number of ether oxygens (including phenoxy) is 1. The van der Waals surface area contributed by atoms with Gasteiger partial charge >= 0.3 is 0 Å².